The molecular weight excluding hydrogens is 197 g/mol. The maximum absolute atomic E-state index is 12.8. The highest BCUT2D eigenvalue weighted by atomic mass is 19.1. The molecule has 0 bridgehead atoms. The lowest BCUT2D eigenvalue weighted by Crippen LogP contribution is -2.33. The minimum atomic E-state index is -0.885. The number of carboxylic acid groups (broad SMARTS) is 1. The maximum atomic E-state index is 12.8. The molecule has 3 nitrogen and oxygen atoms in total. The van der Waals surface area contributed by atoms with Crippen molar-refractivity contribution in [1.29, 1.82) is 0 Å². The van der Waals surface area contributed by atoms with Crippen LogP contribution in [0.1, 0.15) is 20.3 Å². The summed E-state index contributed by atoms with van der Waals surface area (Å²) in [5, 5.41) is 11.6. The van der Waals surface area contributed by atoms with Crippen LogP contribution in [0.5, 0.6) is 0 Å². The second kappa shape index (κ2) is 4.29. The molecule has 1 aromatic rings. The van der Waals surface area contributed by atoms with E-state index >= 15 is 0 Å². The van der Waals surface area contributed by atoms with Gasteiger partial charge >= 0.3 is 5.97 Å². The lowest BCUT2D eigenvalue weighted by molar-refractivity contribution is -0.137. The quantitative estimate of drug-likeness (QED) is 0.804. The van der Waals surface area contributed by atoms with Gasteiger partial charge in [0.05, 0.1) is 6.42 Å². The number of carboxylic acids is 1. The molecular formula is C11H14FNO2. The molecule has 1 aromatic carbocycles. The van der Waals surface area contributed by atoms with Gasteiger partial charge in [-0.05, 0) is 32.0 Å². The van der Waals surface area contributed by atoms with E-state index < -0.39 is 11.5 Å². The maximum Gasteiger partial charge on any atom is 0.305 e. The Bertz CT molecular complexity index is 363. The van der Waals surface area contributed by atoms with Crippen molar-refractivity contribution in [2.45, 2.75) is 25.8 Å². The Kier molecular flexibility index (Phi) is 3.29. The van der Waals surface area contributed by atoms with Crippen LogP contribution in [0, 0.1) is 5.82 Å². The van der Waals surface area contributed by atoms with E-state index in [2.05, 4.69) is 5.32 Å². The second-order valence-electron chi connectivity index (χ2n) is 4.09. The first kappa shape index (κ1) is 11.5. The Morgan fingerprint density at radius 1 is 1.53 bits per heavy atom. The van der Waals surface area contributed by atoms with E-state index in [0.29, 0.717) is 5.69 Å². The van der Waals surface area contributed by atoms with Crippen LogP contribution in [0.25, 0.3) is 0 Å². The van der Waals surface area contributed by atoms with Gasteiger partial charge in [-0.1, -0.05) is 6.07 Å². The summed E-state index contributed by atoms with van der Waals surface area (Å²) >= 11 is 0. The molecule has 82 valence electrons. The predicted molar refractivity (Wildman–Crippen MR) is 56.4 cm³/mol. The third kappa shape index (κ3) is 3.97. The van der Waals surface area contributed by atoms with Gasteiger partial charge in [-0.2, -0.15) is 0 Å². The number of nitrogens with one attached hydrogen (secondary N) is 1. The molecule has 1 rings (SSSR count). The van der Waals surface area contributed by atoms with Crippen LogP contribution in [-0.2, 0) is 4.79 Å². The Hall–Kier alpha value is -1.58. The topological polar surface area (TPSA) is 49.3 Å². The Morgan fingerprint density at radius 2 is 2.20 bits per heavy atom. The predicted octanol–water partition coefficient (Wildman–Crippen LogP) is 2.49. The van der Waals surface area contributed by atoms with Gasteiger partial charge in [-0.25, -0.2) is 4.39 Å². The average molecular weight is 211 g/mol. The van der Waals surface area contributed by atoms with Gasteiger partial charge in [0.1, 0.15) is 5.82 Å². The first-order valence-corrected chi connectivity index (χ1v) is 4.65. The van der Waals surface area contributed by atoms with E-state index in [1.54, 1.807) is 26.0 Å². The van der Waals surface area contributed by atoms with Gasteiger partial charge < -0.3 is 10.4 Å². The highest BCUT2D eigenvalue weighted by Gasteiger charge is 2.21. The number of hydrogen-bond acceptors (Lipinski definition) is 2. The summed E-state index contributed by atoms with van der Waals surface area (Å²) in [4.78, 5) is 10.6. The van der Waals surface area contributed by atoms with Crippen molar-refractivity contribution in [3.8, 4) is 0 Å². The molecule has 0 saturated heterocycles. The Balaban J connectivity index is 2.72. The molecule has 0 radical (unpaired) electrons. The van der Waals surface area contributed by atoms with Crippen LogP contribution in [0.3, 0.4) is 0 Å². The zero-order chi connectivity index (χ0) is 11.5. The number of hydrogen-bond donors (Lipinski definition) is 2. The molecule has 0 aromatic heterocycles. The van der Waals surface area contributed by atoms with Crippen LogP contribution in [0.2, 0.25) is 0 Å². The molecule has 0 unspecified atom stereocenters. The second-order valence-corrected chi connectivity index (χ2v) is 4.09. The average Bonchev–Trinajstić information content (AvgIpc) is 1.99. The minimum Gasteiger partial charge on any atom is -0.481 e. The van der Waals surface area contributed by atoms with Crippen molar-refractivity contribution in [3.05, 3.63) is 30.1 Å². The van der Waals surface area contributed by atoms with Gasteiger partial charge in [0.15, 0.2) is 0 Å². The largest absolute Gasteiger partial charge is 0.481 e. The molecule has 0 saturated carbocycles. The number of aliphatic carboxylic acids is 1. The molecule has 0 aliphatic carbocycles. The van der Waals surface area contributed by atoms with Crippen molar-refractivity contribution in [2.24, 2.45) is 0 Å². The van der Waals surface area contributed by atoms with E-state index in [4.69, 9.17) is 5.11 Å². The fourth-order valence-electron chi connectivity index (χ4n) is 1.38. The molecule has 0 spiro atoms. The first-order chi connectivity index (χ1) is 6.89. The van der Waals surface area contributed by atoms with Gasteiger partial charge in [0, 0.05) is 11.2 Å². The summed E-state index contributed by atoms with van der Waals surface area (Å²) in [5.74, 6) is -1.23. The van der Waals surface area contributed by atoms with Gasteiger partial charge in [-0.3, -0.25) is 4.79 Å². The molecule has 0 heterocycles. The zero-order valence-corrected chi connectivity index (χ0v) is 8.75. The lowest BCUT2D eigenvalue weighted by Gasteiger charge is -2.25. The van der Waals surface area contributed by atoms with Crippen molar-refractivity contribution in [3.63, 3.8) is 0 Å². The number of rotatable bonds is 4. The molecule has 0 amide bonds. The van der Waals surface area contributed by atoms with E-state index in [1.807, 2.05) is 0 Å². The molecule has 0 atom stereocenters. The van der Waals surface area contributed by atoms with Crippen molar-refractivity contribution >= 4 is 11.7 Å². The summed E-state index contributed by atoms with van der Waals surface area (Å²) in [6.07, 6.45) is -0.0243. The Labute approximate surface area is 87.9 Å². The van der Waals surface area contributed by atoms with Gasteiger partial charge in [0.2, 0.25) is 0 Å². The summed E-state index contributed by atoms with van der Waals surface area (Å²) in [5.41, 5.74) is -0.0131. The highest BCUT2D eigenvalue weighted by Crippen LogP contribution is 2.18. The van der Waals surface area contributed by atoms with E-state index in [-0.39, 0.29) is 12.2 Å². The highest BCUT2D eigenvalue weighted by molar-refractivity contribution is 5.69. The normalized spacial score (nSPS) is 11.1. The fourth-order valence-corrected chi connectivity index (χ4v) is 1.38. The van der Waals surface area contributed by atoms with Crippen molar-refractivity contribution < 1.29 is 14.3 Å². The number of benzene rings is 1. The molecule has 0 aliphatic heterocycles. The molecule has 4 heteroatoms. The molecule has 2 N–H and O–H groups in total. The molecule has 0 aliphatic rings. The summed E-state index contributed by atoms with van der Waals surface area (Å²) < 4.78 is 12.8. The van der Waals surface area contributed by atoms with Crippen LogP contribution < -0.4 is 5.32 Å². The third-order valence-corrected chi connectivity index (χ3v) is 1.90. The summed E-state index contributed by atoms with van der Waals surface area (Å²) in [7, 11) is 0. The zero-order valence-electron chi connectivity index (χ0n) is 8.75. The summed E-state index contributed by atoms with van der Waals surface area (Å²) in [6, 6.07) is 5.96. The van der Waals surface area contributed by atoms with Crippen molar-refractivity contribution in [1.82, 2.24) is 0 Å². The molecule has 0 fully saturated rings. The van der Waals surface area contributed by atoms with E-state index in [9.17, 15) is 9.18 Å². The lowest BCUT2D eigenvalue weighted by atomic mass is 10.0. The summed E-state index contributed by atoms with van der Waals surface area (Å²) in [6.45, 7) is 3.51. The monoisotopic (exact) mass is 211 g/mol. The van der Waals surface area contributed by atoms with Crippen molar-refractivity contribution in [2.75, 3.05) is 5.32 Å². The fraction of sp³-hybridized carbons (Fsp3) is 0.364. The Morgan fingerprint density at radius 3 is 2.73 bits per heavy atom. The van der Waals surface area contributed by atoms with Crippen LogP contribution in [0.4, 0.5) is 10.1 Å². The van der Waals surface area contributed by atoms with Gasteiger partial charge in [0.25, 0.3) is 0 Å². The number of carbonyl (C=O) groups is 1. The minimum absolute atomic E-state index is 0.0243. The third-order valence-electron chi connectivity index (χ3n) is 1.90. The molecule has 15 heavy (non-hydrogen) atoms. The smallest absolute Gasteiger partial charge is 0.305 e. The van der Waals surface area contributed by atoms with E-state index in [1.165, 1.54) is 12.1 Å². The van der Waals surface area contributed by atoms with Crippen LogP contribution in [0.15, 0.2) is 24.3 Å². The SMILES string of the molecule is CC(C)(CC(=O)O)Nc1cccc(F)c1. The van der Waals surface area contributed by atoms with E-state index in [0.717, 1.165) is 0 Å². The van der Waals surface area contributed by atoms with Gasteiger partial charge in [-0.15, -0.1) is 0 Å². The first-order valence-electron chi connectivity index (χ1n) is 4.65. The standard InChI is InChI=1S/C11H14FNO2/c1-11(2,7-10(14)15)13-9-5-3-4-8(12)6-9/h3-6,13H,7H2,1-2H3,(H,14,15). The number of halogens is 1. The van der Waals surface area contributed by atoms with Crippen LogP contribution in [-0.4, -0.2) is 16.6 Å². The number of anilines is 1. The van der Waals surface area contributed by atoms with Crippen LogP contribution >= 0.6 is 0 Å².